The molecule has 0 atom stereocenters. The molecule has 0 fully saturated rings. The molecule has 0 bridgehead atoms. The van der Waals surface area contributed by atoms with Crippen LogP contribution in [0.1, 0.15) is 11.3 Å². The molecule has 0 aliphatic carbocycles. The van der Waals surface area contributed by atoms with E-state index >= 15 is 0 Å². The lowest BCUT2D eigenvalue weighted by Crippen LogP contribution is -2.22. The largest absolute Gasteiger partial charge is 0.394 e. The number of nitrogens with one attached hydrogen (secondary N) is 1. The molecule has 190 valence electrons. The first-order chi connectivity index (χ1) is 18.4. The van der Waals surface area contributed by atoms with Crippen LogP contribution in [0.5, 0.6) is 0 Å². The average Bonchev–Trinajstić information content (AvgIpc) is 3.54. The van der Waals surface area contributed by atoms with Crippen LogP contribution in [-0.4, -0.2) is 57.0 Å². The number of rotatable bonds is 6. The molecular formula is C28H23ClN6O3. The van der Waals surface area contributed by atoms with E-state index in [0.29, 0.717) is 27.1 Å². The van der Waals surface area contributed by atoms with Crippen molar-refractivity contribution in [3.05, 3.63) is 83.3 Å². The minimum Gasteiger partial charge on any atom is -0.394 e. The van der Waals surface area contributed by atoms with Crippen molar-refractivity contribution in [3.8, 4) is 5.69 Å². The van der Waals surface area contributed by atoms with E-state index in [9.17, 15) is 14.7 Å². The second-order valence-electron chi connectivity index (χ2n) is 9.19. The molecular weight excluding hydrogens is 504 g/mol. The van der Waals surface area contributed by atoms with Crippen LogP contribution < -0.4 is 10.2 Å². The second kappa shape index (κ2) is 9.13. The fraction of sp³-hybridized carbons (Fsp3) is 0.143. The molecule has 5 aromatic rings. The van der Waals surface area contributed by atoms with Crippen molar-refractivity contribution >= 4 is 62.2 Å². The second-order valence-corrected chi connectivity index (χ2v) is 9.63. The highest BCUT2D eigenvalue weighted by Gasteiger charge is 2.36. The number of imide groups is 1. The van der Waals surface area contributed by atoms with Gasteiger partial charge in [-0.15, -0.1) is 0 Å². The summed E-state index contributed by atoms with van der Waals surface area (Å²) in [6.07, 6.45) is 3.58. The van der Waals surface area contributed by atoms with E-state index in [1.807, 2.05) is 72.2 Å². The Balaban J connectivity index is 1.63. The van der Waals surface area contributed by atoms with Gasteiger partial charge in [-0.1, -0.05) is 29.8 Å². The van der Waals surface area contributed by atoms with E-state index in [1.54, 1.807) is 23.0 Å². The van der Waals surface area contributed by atoms with Crippen molar-refractivity contribution in [1.82, 2.24) is 24.6 Å². The first kappa shape index (κ1) is 23.9. The van der Waals surface area contributed by atoms with E-state index in [4.69, 9.17) is 11.6 Å². The van der Waals surface area contributed by atoms with Gasteiger partial charge in [0.05, 0.1) is 47.2 Å². The maximum atomic E-state index is 13.3. The number of para-hydroxylation sites is 1. The third kappa shape index (κ3) is 3.75. The molecule has 0 spiro atoms. The maximum absolute atomic E-state index is 13.3. The van der Waals surface area contributed by atoms with E-state index in [0.717, 1.165) is 22.5 Å². The van der Waals surface area contributed by atoms with E-state index < -0.39 is 11.8 Å². The Kier molecular flexibility index (Phi) is 5.74. The summed E-state index contributed by atoms with van der Waals surface area (Å²) in [6.45, 7) is 0.137. The molecule has 6 rings (SSSR count). The van der Waals surface area contributed by atoms with Crippen molar-refractivity contribution in [2.24, 2.45) is 0 Å². The van der Waals surface area contributed by atoms with Crippen LogP contribution in [0.15, 0.2) is 67.0 Å². The van der Waals surface area contributed by atoms with E-state index in [1.165, 1.54) is 0 Å². The molecule has 1 aliphatic rings. The normalized spacial score (nSPS) is 13.7. The van der Waals surface area contributed by atoms with Gasteiger partial charge in [-0.05, 0) is 36.4 Å². The first-order valence-corrected chi connectivity index (χ1v) is 12.4. The third-order valence-corrected chi connectivity index (χ3v) is 6.88. The number of benzene rings is 2. The number of aliphatic hydroxyl groups is 1. The Morgan fingerprint density at radius 3 is 2.50 bits per heavy atom. The lowest BCUT2D eigenvalue weighted by molar-refractivity contribution is -0.122. The van der Waals surface area contributed by atoms with Crippen LogP contribution in [0.25, 0.3) is 38.6 Å². The fourth-order valence-corrected chi connectivity index (χ4v) is 5.09. The zero-order valence-electron chi connectivity index (χ0n) is 20.6. The van der Waals surface area contributed by atoms with E-state index in [-0.39, 0.29) is 24.3 Å². The van der Waals surface area contributed by atoms with Gasteiger partial charge in [0.1, 0.15) is 11.5 Å². The standard InChI is InChI=1S/C28H23ClN6O3/c1-33(2)23-10-8-17(14-30-23)34-15-20(19-13-16(29)7-9-21(19)34)24-25(28(38)31-27(24)37)26-18-5-3-4-6-22(18)35(32-26)11-12-36/h3-10,13-15,36H,11-12H2,1-2H3,(H,31,37,38). The van der Waals surface area contributed by atoms with Crippen LogP contribution in [0.3, 0.4) is 0 Å². The topological polar surface area (TPSA) is 105 Å². The van der Waals surface area contributed by atoms with Crippen molar-refractivity contribution in [1.29, 1.82) is 0 Å². The number of hydrogen-bond donors (Lipinski definition) is 2. The molecule has 10 heteroatoms. The molecule has 2 aromatic carbocycles. The van der Waals surface area contributed by atoms with Crippen LogP contribution >= 0.6 is 11.6 Å². The minimum atomic E-state index is -0.524. The number of aliphatic hydroxyl groups excluding tert-OH is 1. The summed E-state index contributed by atoms with van der Waals surface area (Å²) in [5.41, 5.74) is 3.69. The summed E-state index contributed by atoms with van der Waals surface area (Å²) >= 11 is 6.39. The zero-order valence-corrected chi connectivity index (χ0v) is 21.4. The van der Waals surface area contributed by atoms with Gasteiger partial charge in [0.15, 0.2) is 0 Å². The smallest absolute Gasteiger partial charge is 0.261 e. The molecule has 0 saturated heterocycles. The SMILES string of the molecule is CN(C)c1ccc(-n2cc(C3=C(c4nn(CCO)c5ccccc45)C(=O)NC3=O)c3cc(Cl)ccc32)cn1. The number of hydrogen-bond acceptors (Lipinski definition) is 6. The number of carbonyl (C=O) groups excluding carboxylic acids is 2. The van der Waals surface area contributed by atoms with Crippen LogP contribution in [0.4, 0.5) is 5.82 Å². The van der Waals surface area contributed by atoms with Gasteiger partial charge in [-0.2, -0.15) is 5.10 Å². The Morgan fingerprint density at radius 2 is 1.76 bits per heavy atom. The van der Waals surface area contributed by atoms with Gasteiger partial charge in [0.25, 0.3) is 11.8 Å². The summed E-state index contributed by atoms with van der Waals surface area (Å²) in [4.78, 5) is 33.0. The number of aromatic nitrogens is 4. The molecule has 1 aliphatic heterocycles. The summed E-state index contributed by atoms with van der Waals surface area (Å²) in [7, 11) is 3.84. The van der Waals surface area contributed by atoms with Gasteiger partial charge >= 0.3 is 0 Å². The zero-order chi connectivity index (χ0) is 26.6. The number of anilines is 1. The molecule has 2 N–H and O–H groups in total. The molecule has 0 saturated carbocycles. The summed E-state index contributed by atoms with van der Waals surface area (Å²) in [5.74, 6) is -0.222. The van der Waals surface area contributed by atoms with Gasteiger partial charge in [-0.3, -0.25) is 19.6 Å². The highest BCUT2D eigenvalue weighted by Crippen LogP contribution is 2.39. The molecule has 3 aromatic heterocycles. The van der Waals surface area contributed by atoms with Gasteiger partial charge in [0, 0.05) is 41.7 Å². The summed E-state index contributed by atoms with van der Waals surface area (Å²) < 4.78 is 3.57. The monoisotopic (exact) mass is 526 g/mol. The number of fused-ring (bicyclic) bond motifs is 2. The van der Waals surface area contributed by atoms with Crippen molar-refractivity contribution in [2.75, 3.05) is 25.6 Å². The van der Waals surface area contributed by atoms with Crippen LogP contribution in [0.2, 0.25) is 5.02 Å². The molecule has 0 radical (unpaired) electrons. The maximum Gasteiger partial charge on any atom is 0.261 e. The first-order valence-electron chi connectivity index (χ1n) is 12.0. The van der Waals surface area contributed by atoms with Gasteiger partial charge in [-0.25, -0.2) is 4.98 Å². The molecule has 9 nitrogen and oxygen atoms in total. The van der Waals surface area contributed by atoms with Crippen molar-refractivity contribution < 1.29 is 14.7 Å². The Morgan fingerprint density at radius 1 is 0.974 bits per heavy atom. The number of amides is 2. The lowest BCUT2D eigenvalue weighted by atomic mass is 9.97. The van der Waals surface area contributed by atoms with Crippen LogP contribution in [0, 0.1) is 0 Å². The minimum absolute atomic E-state index is 0.116. The number of nitrogens with zero attached hydrogens (tertiary/aromatic N) is 5. The quantitative estimate of drug-likeness (QED) is 0.327. The average molecular weight is 527 g/mol. The summed E-state index contributed by atoms with van der Waals surface area (Å²) in [6, 6.07) is 16.7. The highest BCUT2D eigenvalue weighted by molar-refractivity contribution is 6.50. The molecule has 38 heavy (non-hydrogen) atoms. The van der Waals surface area contributed by atoms with Gasteiger partial charge < -0.3 is 14.6 Å². The van der Waals surface area contributed by atoms with E-state index in [2.05, 4.69) is 15.4 Å². The molecule has 2 amide bonds. The number of pyridine rings is 1. The number of carbonyl (C=O) groups is 2. The molecule has 4 heterocycles. The Bertz CT molecular complexity index is 1780. The molecule has 0 unspecified atom stereocenters. The summed E-state index contributed by atoms with van der Waals surface area (Å²) in [5, 5.41) is 18.6. The highest BCUT2D eigenvalue weighted by atomic mass is 35.5. The predicted octanol–water partition coefficient (Wildman–Crippen LogP) is 3.65. The Hall–Kier alpha value is -4.47. The van der Waals surface area contributed by atoms with Gasteiger partial charge in [0.2, 0.25) is 0 Å². The Labute approximate surface area is 222 Å². The number of halogens is 1. The lowest BCUT2D eigenvalue weighted by Gasteiger charge is -2.12. The van der Waals surface area contributed by atoms with Crippen molar-refractivity contribution in [3.63, 3.8) is 0 Å². The van der Waals surface area contributed by atoms with Crippen LogP contribution in [-0.2, 0) is 16.1 Å². The third-order valence-electron chi connectivity index (χ3n) is 6.64. The fourth-order valence-electron chi connectivity index (χ4n) is 4.92. The van der Waals surface area contributed by atoms with Crippen molar-refractivity contribution in [2.45, 2.75) is 6.54 Å². The predicted molar refractivity (Wildman–Crippen MR) is 147 cm³/mol.